The van der Waals surface area contributed by atoms with Gasteiger partial charge in [0.1, 0.15) is 0 Å². The Morgan fingerprint density at radius 2 is 1.87 bits per heavy atom. The minimum absolute atomic E-state index is 0.147. The molecule has 4 heteroatoms. The summed E-state index contributed by atoms with van der Waals surface area (Å²) in [6, 6.07) is 17.2. The lowest BCUT2D eigenvalue weighted by Gasteiger charge is -2.14. The number of rotatable bonds is 7. The van der Waals surface area contributed by atoms with Gasteiger partial charge in [-0.3, -0.25) is 4.79 Å². The van der Waals surface area contributed by atoms with E-state index in [0.717, 1.165) is 11.1 Å². The van der Waals surface area contributed by atoms with E-state index in [0.29, 0.717) is 18.2 Å². The lowest BCUT2D eigenvalue weighted by Crippen LogP contribution is -2.24. The third-order valence-corrected chi connectivity index (χ3v) is 3.67. The van der Waals surface area contributed by atoms with Crippen LogP contribution < -0.4 is 5.32 Å². The molecule has 0 fully saturated rings. The van der Waals surface area contributed by atoms with Gasteiger partial charge in [0.05, 0.1) is 19.3 Å². The summed E-state index contributed by atoms with van der Waals surface area (Å²) in [5.41, 5.74) is 2.01. The zero-order valence-corrected chi connectivity index (χ0v) is 13.8. The lowest BCUT2D eigenvalue weighted by molar-refractivity contribution is -0.117. The first kappa shape index (κ1) is 17.3. The van der Waals surface area contributed by atoms with E-state index in [9.17, 15) is 4.79 Å². The van der Waals surface area contributed by atoms with Crippen molar-refractivity contribution in [3.8, 4) is 0 Å². The van der Waals surface area contributed by atoms with Crippen molar-refractivity contribution < 1.29 is 9.53 Å². The van der Waals surface area contributed by atoms with Crippen LogP contribution in [0.4, 0.5) is 0 Å². The van der Waals surface area contributed by atoms with Crippen LogP contribution in [0.5, 0.6) is 0 Å². The van der Waals surface area contributed by atoms with Crippen LogP contribution in [0.1, 0.15) is 24.1 Å². The molecule has 2 aromatic carbocycles. The lowest BCUT2D eigenvalue weighted by atomic mass is 10.1. The van der Waals surface area contributed by atoms with Crippen LogP contribution in [-0.4, -0.2) is 12.5 Å². The molecule has 0 aliphatic rings. The van der Waals surface area contributed by atoms with E-state index in [-0.39, 0.29) is 11.9 Å². The average Bonchev–Trinajstić information content (AvgIpc) is 2.56. The summed E-state index contributed by atoms with van der Waals surface area (Å²) < 4.78 is 5.49. The van der Waals surface area contributed by atoms with Gasteiger partial charge >= 0.3 is 0 Å². The van der Waals surface area contributed by atoms with Crippen LogP contribution >= 0.6 is 11.6 Å². The summed E-state index contributed by atoms with van der Waals surface area (Å²) >= 11 is 6.12. The molecule has 0 aromatic heterocycles. The zero-order chi connectivity index (χ0) is 16.5. The summed E-state index contributed by atoms with van der Waals surface area (Å²) in [5, 5.41) is 3.53. The normalized spacial score (nSPS) is 12.3. The third kappa shape index (κ3) is 5.89. The zero-order valence-electron chi connectivity index (χ0n) is 13.0. The number of carbonyl (C=O) groups excluding carboxylic acids is 1. The highest BCUT2D eigenvalue weighted by Crippen LogP contribution is 2.21. The highest BCUT2D eigenvalue weighted by atomic mass is 35.5. The third-order valence-electron chi connectivity index (χ3n) is 3.33. The first-order valence-corrected chi connectivity index (χ1v) is 7.87. The molecule has 1 amide bonds. The fourth-order valence-corrected chi connectivity index (χ4v) is 2.44. The quantitative estimate of drug-likeness (QED) is 0.608. The van der Waals surface area contributed by atoms with E-state index in [4.69, 9.17) is 16.3 Å². The van der Waals surface area contributed by atoms with Gasteiger partial charge in [-0.25, -0.2) is 0 Å². The molecule has 0 aliphatic carbocycles. The van der Waals surface area contributed by atoms with Gasteiger partial charge in [0.15, 0.2) is 0 Å². The summed E-state index contributed by atoms with van der Waals surface area (Å²) in [4.78, 5) is 11.9. The standard InChI is InChI=1S/C19H20ClNO2/c1-15(17-10-5-6-11-18(17)20)21-19(22)12-7-13-23-14-16-8-3-2-4-9-16/h2-12,15H,13-14H2,1H3,(H,21,22)/b12-7+. The number of hydrogen-bond acceptors (Lipinski definition) is 2. The smallest absolute Gasteiger partial charge is 0.244 e. The molecule has 0 spiro atoms. The molecule has 2 aromatic rings. The van der Waals surface area contributed by atoms with Gasteiger partial charge in [0.2, 0.25) is 5.91 Å². The second-order valence-electron chi connectivity index (χ2n) is 5.15. The molecule has 0 saturated heterocycles. The Morgan fingerprint density at radius 3 is 2.61 bits per heavy atom. The SMILES string of the molecule is CC(NC(=O)/C=C/COCc1ccccc1)c1ccccc1Cl. The molecule has 0 bridgehead atoms. The topological polar surface area (TPSA) is 38.3 Å². The molecule has 23 heavy (non-hydrogen) atoms. The maximum absolute atomic E-state index is 11.9. The number of ether oxygens (including phenoxy) is 1. The monoisotopic (exact) mass is 329 g/mol. The van der Waals surface area contributed by atoms with Crippen molar-refractivity contribution in [2.45, 2.75) is 19.6 Å². The van der Waals surface area contributed by atoms with E-state index in [1.165, 1.54) is 6.08 Å². The second kappa shape index (κ2) is 9.13. The van der Waals surface area contributed by atoms with Gasteiger partial charge in [-0.15, -0.1) is 0 Å². The van der Waals surface area contributed by atoms with Crippen molar-refractivity contribution in [1.82, 2.24) is 5.32 Å². The number of halogens is 1. The molecule has 3 nitrogen and oxygen atoms in total. The maximum atomic E-state index is 11.9. The van der Waals surface area contributed by atoms with Crippen molar-refractivity contribution in [2.75, 3.05) is 6.61 Å². The molecule has 1 unspecified atom stereocenters. The Labute approximate surface area is 141 Å². The van der Waals surface area contributed by atoms with E-state index < -0.39 is 0 Å². The van der Waals surface area contributed by atoms with Crippen molar-refractivity contribution in [3.63, 3.8) is 0 Å². The Kier molecular flexibility index (Phi) is 6.85. The van der Waals surface area contributed by atoms with Gasteiger partial charge in [0, 0.05) is 11.1 Å². The minimum atomic E-state index is -0.166. The number of carbonyl (C=O) groups is 1. The van der Waals surface area contributed by atoms with Gasteiger partial charge in [0.25, 0.3) is 0 Å². The summed E-state index contributed by atoms with van der Waals surface area (Å²) in [7, 11) is 0. The first-order chi connectivity index (χ1) is 11.2. The Morgan fingerprint density at radius 1 is 1.17 bits per heavy atom. The minimum Gasteiger partial charge on any atom is -0.373 e. The Balaban J connectivity index is 1.73. The van der Waals surface area contributed by atoms with E-state index >= 15 is 0 Å². The van der Waals surface area contributed by atoms with Gasteiger partial charge in [-0.2, -0.15) is 0 Å². The van der Waals surface area contributed by atoms with Crippen molar-refractivity contribution in [3.05, 3.63) is 82.9 Å². The fraction of sp³-hybridized carbons (Fsp3) is 0.211. The molecule has 2 rings (SSSR count). The molecule has 1 atom stereocenters. The predicted octanol–water partition coefficient (Wildman–Crippen LogP) is 4.29. The highest BCUT2D eigenvalue weighted by Gasteiger charge is 2.10. The number of benzene rings is 2. The summed E-state index contributed by atoms with van der Waals surface area (Å²) in [5.74, 6) is -0.166. The highest BCUT2D eigenvalue weighted by molar-refractivity contribution is 6.31. The van der Waals surface area contributed by atoms with Crippen LogP contribution in [0.3, 0.4) is 0 Å². The number of nitrogens with one attached hydrogen (secondary N) is 1. The maximum Gasteiger partial charge on any atom is 0.244 e. The van der Waals surface area contributed by atoms with Crippen LogP contribution in [-0.2, 0) is 16.1 Å². The molecular formula is C19H20ClNO2. The Bertz CT molecular complexity index is 655. The van der Waals surface area contributed by atoms with Crippen LogP contribution in [0.15, 0.2) is 66.7 Å². The van der Waals surface area contributed by atoms with Crippen LogP contribution in [0, 0.1) is 0 Å². The van der Waals surface area contributed by atoms with Crippen molar-refractivity contribution >= 4 is 17.5 Å². The van der Waals surface area contributed by atoms with Crippen molar-refractivity contribution in [2.24, 2.45) is 0 Å². The first-order valence-electron chi connectivity index (χ1n) is 7.50. The predicted molar refractivity (Wildman–Crippen MR) is 93.2 cm³/mol. The molecule has 120 valence electrons. The largest absolute Gasteiger partial charge is 0.373 e. The van der Waals surface area contributed by atoms with Gasteiger partial charge in [-0.05, 0) is 24.1 Å². The molecular weight excluding hydrogens is 310 g/mol. The van der Waals surface area contributed by atoms with Gasteiger partial charge < -0.3 is 10.1 Å². The molecule has 1 N–H and O–H groups in total. The molecule has 0 aliphatic heterocycles. The molecule has 0 radical (unpaired) electrons. The van der Waals surface area contributed by atoms with Gasteiger partial charge in [-0.1, -0.05) is 66.2 Å². The second-order valence-corrected chi connectivity index (χ2v) is 5.56. The van der Waals surface area contributed by atoms with E-state index in [2.05, 4.69) is 5.32 Å². The molecule has 0 heterocycles. The summed E-state index contributed by atoms with van der Waals surface area (Å²) in [6.07, 6.45) is 3.19. The van der Waals surface area contributed by atoms with Crippen LogP contribution in [0.25, 0.3) is 0 Å². The Hall–Kier alpha value is -2.10. The van der Waals surface area contributed by atoms with Crippen LogP contribution in [0.2, 0.25) is 5.02 Å². The van der Waals surface area contributed by atoms with Crippen molar-refractivity contribution in [1.29, 1.82) is 0 Å². The number of hydrogen-bond donors (Lipinski definition) is 1. The van der Waals surface area contributed by atoms with E-state index in [1.54, 1.807) is 6.08 Å². The average molecular weight is 330 g/mol. The summed E-state index contributed by atoms with van der Waals surface area (Å²) in [6.45, 7) is 2.82. The molecule has 0 saturated carbocycles. The van der Waals surface area contributed by atoms with E-state index in [1.807, 2.05) is 61.5 Å². The fourth-order valence-electron chi connectivity index (χ4n) is 2.14. The number of amides is 1.